The van der Waals surface area contributed by atoms with Gasteiger partial charge in [-0.1, -0.05) is 135 Å². The van der Waals surface area contributed by atoms with Crippen molar-refractivity contribution < 1.29 is 24.2 Å². The van der Waals surface area contributed by atoms with Crippen LogP contribution in [0.2, 0.25) is 0 Å². The summed E-state index contributed by atoms with van der Waals surface area (Å²) < 4.78 is 5.13. The number of rotatable bonds is 16. The maximum Gasteiger partial charge on any atom is 0.407 e. The monoisotopic (exact) mass is 731 g/mol. The third kappa shape index (κ3) is 9.99. The normalized spacial score (nSPS) is 12.8. The van der Waals surface area contributed by atoms with E-state index in [0.717, 1.165) is 34.2 Å². The molecule has 0 bridgehead atoms. The van der Waals surface area contributed by atoms with Gasteiger partial charge in [0.1, 0.15) is 11.6 Å². The summed E-state index contributed by atoms with van der Waals surface area (Å²) in [5.41, 5.74) is 3.84. The van der Waals surface area contributed by atoms with Gasteiger partial charge in [-0.3, -0.25) is 4.79 Å². The summed E-state index contributed by atoms with van der Waals surface area (Å²) in [6, 6.07) is 41.0. The highest BCUT2D eigenvalue weighted by atomic mass is 32.2. The fourth-order valence-corrected chi connectivity index (χ4v) is 7.98. The van der Waals surface area contributed by atoms with Crippen molar-refractivity contribution in [3.8, 4) is 0 Å². The van der Waals surface area contributed by atoms with Gasteiger partial charge in [0.2, 0.25) is 0 Å². The number of carboxylic acids is 1. The van der Waals surface area contributed by atoms with E-state index in [1.807, 2.05) is 70.2 Å². The molecule has 0 aliphatic carbocycles. The molecule has 5 aromatic carbocycles. The zero-order valence-electron chi connectivity index (χ0n) is 30.8. The number of carbonyl (C=O) groups excluding carboxylic acids is 2. The van der Waals surface area contributed by atoms with E-state index in [9.17, 15) is 19.5 Å². The number of unbranched alkanes of at least 4 members (excludes halogenated alkanes) is 1. The highest BCUT2D eigenvalue weighted by Gasteiger charge is 2.38. The zero-order valence-corrected chi connectivity index (χ0v) is 31.6. The number of thioether (sulfide) groups is 1. The molecule has 53 heavy (non-hydrogen) atoms. The van der Waals surface area contributed by atoms with Crippen LogP contribution in [0.1, 0.15) is 74.0 Å². The lowest BCUT2D eigenvalue weighted by atomic mass is 9.84. The lowest BCUT2D eigenvalue weighted by Gasteiger charge is -2.37. The number of hydrogen-bond acceptors (Lipinski definition) is 6. The standard InChI is InChI=1S/C44H49N3O5S/c1-5-6-27-39(41(49)50)47-40(48)37-26-16-25-36-35(37)24-17-28-38(36)45-29-34(46-42(51)52-43(2,3)4)30-53-44(31-18-10-7-11-19-31,32-20-12-8-13-21-32)33-22-14-9-15-23-33/h7-26,28,34,39,45H,5-6,27,29-30H2,1-4H3,(H,46,51)(H,47,48)(H,49,50)/t34-,39+/m1/s1. The average molecular weight is 732 g/mol. The average Bonchev–Trinajstić information content (AvgIpc) is 3.15. The number of alkyl carbamates (subject to hydrolysis) is 1. The molecule has 5 rings (SSSR count). The second kappa shape index (κ2) is 18.0. The molecule has 5 aromatic rings. The van der Waals surface area contributed by atoms with Gasteiger partial charge >= 0.3 is 12.1 Å². The number of ether oxygens (including phenoxy) is 1. The van der Waals surface area contributed by atoms with Crippen LogP contribution in [0.3, 0.4) is 0 Å². The number of carbonyl (C=O) groups is 3. The minimum absolute atomic E-state index is 0.355. The minimum atomic E-state index is -1.05. The Kier molecular flexibility index (Phi) is 13.2. The second-order valence-corrected chi connectivity index (χ2v) is 15.3. The van der Waals surface area contributed by atoms with Gasteiger partial charge in [-0.2, -0.15) is 0 Å². The summed E-state index contributed by atoms with van der Waals surface area (Å²) in [5, 5.41) is 20.6. The number of benzene rings is 5. The molecular formula is C44H49N3O5S. The lowest BCUT2D eigenvalue weighted by Crippen LogP contribution is -2.45. The molecule has 2 atom stereocenters. The molecule has 0 saturated heterocycles. The van der Waals surface area contributed by atoms with Crippen LogP contribution in [0.5, 0.6) is 0 Å². The summed E-state index contributed by atoms with van der Waals surface area (Å²) in [4.78, 5) is 38.6. The van der Waals surface area contributed by atoms with Crippen LogP contribution >= 0.6 is 11.8 Å². The van der Waals surface area contributed by atoms with E-state index in [4.69, 9.17) is 4.74 Å². The predicted molar refractivity (Wildman–Crippen MR) is 216 cm³/mol. The molecular weight excluding hydrogens is 683 g/mol. The molecule has 0 aliphatic rings. The van der Waals surface area contributed by atoms with E-state index in [1.165, 1.54) is 0 Å². The Balaban J connectivity index is 1.47. The maximum absolute atomic E-state index is 13.4. The van der Waals surface area contributed by atoms with Crippen molar-refractivity contribution in [2.24, 2.45) is 0 Å². The van der Waals surface area contributed by atoms with E-state index in [0.29, 0.717) is 36.1 Å². The van der Waals surface area contributed by atoms with Crippen molar-refractivity contribution in [3.05, 3.63) is 150 Å². The number of amides is 2. The van der Waals surface area contributed by atoms with Crippen LogP contribution in [-0.2, 0) is 14.3 Å². The summed E-state index contributed by atoms with van der Waals surface area (Å²) in [5.74, 6) is -0.972. The van der Waals surface area contributed by atoms with Crippen molar-refractivity contribution >= 4 is 46.2 Å². The number of hydrogen-bond donors (Lipinski definition) is 4. The molecule has 9 heteroatoms. The third-order valence-electron chi connectivity index (χ3n) is 8.92. The number of anilines is 1. The third-order valence-corrected chi connectivity index (χ3v) is 10.6. The zero-order chi connectivity index (χ0) is 37.8. The van der Waals surface area contributed by atoms with Crippen molar-refractivity contribution in [1.82, 2.24) is 10.6 Å². The van der Waals surface area contributed by atoms with Gasteiger partial charge in [-0.05, 0) is 61.4 Å². The number of fused-ring (bicyclic) bond motifs is 1. The molecule has 0 aliphatic heterocycles. The van der Waals surface area contributed by atoms with Crippen LogP contribution in [-0.4, -0.2) is 53.1 Å². The summed E-state index contributed by atoms with van der Waals surface area (Å²) in [6.07, 6.45) is 1.37. The van der Waals surface area contributed by atoms with E-state index in [1.54, 1.807) is 23.9 Å². The molecule has 2 amide bonds. The van der Waals surface area contributed by atoms with Crippen LogP contribution < -0.4 is 16.0 Å². The van der Waals surface area contributed by atoms with Crippen molar-refractivity contribution in [2.45, 2.75) is 69.4 Å². The molecule has 0 fully saturated rings. The number of nitrogens with one attached hydrogen (secondary N) is 3. The molecule has 8 nitrogen and oxygen atoms in total. The first-order valence-corrected chi connectivity index (χ1v) is 19.1. The van der Waals surface area contributed by atoms with Crippen LogP contribution in [0, 0.1) is 0 Å². The van der Waals surface area contributed by atoms with Gasteiger partial charge in [0, 0.05) is 28.9 Å². The van der Waals surface area contributed by atoms with Gasteiger partial charge in [0.05, 0.1) is 10.8 Å². The fourth-order valence-electron chi connectivity index (χ4n) is 6.42. The van der Waals surface area contributed by atoms with Gasteiger partial charge in [0.15, 0.2) is 0 Å². The lowest BCUT2D eigenvalue weighted by molar-refractivity contribution is -0.139. The first-order chi connectivity index (χ1) is 25.5. The minimum Gasteiger partial charge on any atom is -0.480 e. The molecule has 0 unspecified atom stereocenters. The molecule has 4 N–H and O–H groups in total. The molecule has 0 radical (unpaired) electrons. The molecule has 0 heterocycles. The first-order valence-electron chi connectivity index (χ1n) is 18.1. The van der Waals surface area contributed by atoms with Gasteiger partial charge in [0.25, 0.3) is 5.91 Å². The van der Waals surface area contributed by atoms with Crippen LogP contribution in [0.4, 0.5) is 10.5 Å². The Morgan fingerprint density at radius 2 is 1.26 bits per heavy atom. The summed E-state index contributed by atoms with van der Waals surface area (Å²) >= 11 is 1.74. The second-order valence-electron chi connectivity index (χ2n) is 14.0. The topological polar surface area (TPSA) is 117 Å². The highest BCUT2D eigenvalue weighted by Crippen LogP contribution is 2.48. The molecule has 276 valence electrons. The van der Waals surface area contributed by atoms with E-state index in [-0.39, 0.29) is 6.04 Å². The summed E-state index contributed by atoms with van der Waals surface area (Å²) in [7, 11) is 0. The fraction of sp³-hybridized carbons (Fsp3) is 0.295. The Morgan fingerprint density at radius 3 is 1.79 bits per heavy atom. The van der Waals surface area contributed by atoms with Crippen molar-refractivity contribution in [1.29, 1.82) is 0 Å². The Labute approximate surface area is 316 Å². The quantitative estimate of drug-likeness (QED) is 0.0748. The van der Waals surface area contributed by atoms with Gasteiger partial charge < -0.3 is 25.8 Å². The van der Waals surface area contributed by atoms with Crippen molar-refractivity contribution in [2.75, 3.05) is 17.6 Å². The maximum atomic E-state index is 13.4. The van der Waals surface area contributed by atoms with E-state index < -0.39 is 34.4 Å². The van der Waals surface area contributed by atoms with Crippen LogP contribution in [0.15, 0.2) is 127 Å². The SMILES string of the molecule is CCCC[C@H](NC(=O)c1cccc2c(NC[C@H](CSC(c3ccccc3)(c3ccccc3)c3ccccc3)NC(=O)OC(C)(C)C)cccc12)C(=O)O. The Bertz CT molecular complexity index is 1870. The van der Waals surface area contributed by atoms with Crippen LogP contribution in [0.25, 0.3) is 10.8 Å². The molecule has 0 aromatic heterocycles. The number of aliphatic carboxylic acids is 1. The number of carboxylic acid groups (broad SMARTS) is 1. The van der Waals surface area contributed by atoms with Gasteiger partial charge in [-0.25, -0.2) is 9.59 Å². The Morgan fingerprint density at radius 1 is 0.717 bits per heavy atom. The summed E-state index contributed by atoms with van der Waals surface area (Å²) in [6.45, 7) is 7.86. The smallest absolute Gasteiger partial charge is 0.407 e. The highest BCUT2D eigenvalue weighted by molar-refractivity contribution is 8.00. The largest absolute Gasteiger partial charge is 0.480 e. The first kappa shape index (κ1) is 38.9. The van der Waals surface area contributed by atoms with Gasteiger partial charge in [-0.15, -0.1) is 11.8 Å². The predicted octanol–water partition coefficient (Wildman–Crippen LogP) is 9.24. The molecule has 0 spiro atoms. The van der Waals surface area contributed by atoms with Crippen molar-refractivity contribution in [3.63, 3.8) is 0 Å². The van der Waals surface area contributed by atoms with E-state index in [2.05, 4.69) is 88.7 Å². The Hall–Kier alpha value is -5.28. The van der Waals surface area contributed by atoms with E-state index >= 15 is 0 Å². The molecule has 0 saturated carbocycles.